The van der Waals surface area contributed by atoms with E-state index in [0.29, 0.717) is 31.7 Å². The van der Waals surface area contributed by atoms with Gasteiger partial charge < -0.3 is 24.8 Å². The van der Waals surface area contributed by atoms with E-state index in [1.54, 1.807) is 6.20 Å². The normalized spacial score (nSPS) is 13.8. The van der Waals surface area contributed by atoms with Crippen molar-refractivity contribution in [2.45, 2.75) is 59.2 Å². The van der Waals surface area contributed by atoms with E-state index in [1.165, 1.54) is 32.4 Å². The van der Waals surface area contributed by atoms with E-state index in [9.17, 15) is 9.90 Å². The molecule has 2 heterocycles. The zero-order valence-electron chi connectivity index (χ0n) is 23.8. The van der Waals surface area contributed by atoms with Gasteiger partial charge in [0.1, 0.15) is 11.7 Å². The third-order valence-corrected chi connectivity index (χ3v) is 7.06. The Kier molecular flexibility index (Phi) is 12.2. The highest BCUT2D eigenvalue weighted by Gasteiger charge is 2.19. The standard InChI is InChI=1S/C29H47N7O2/c1-5-14-35(15-6-2)17-8-7-16-33(3)21-25-10-9-24(19-26(25)29(37)38)20-36(22-27-30-11-12-31-27)23-28-32-13-18-34(28)4/h9-12,19H,5-8,13-18,20-23H2,1-4H3,(H,30,31)(H,37,38). The van der Waals surface area contributed by atoms with E-state index in [1.807, 2.05) is 18.3 Å². The molecule has 0 amide bonds. The van der Waals surface area contributed by atoms with Crippen LogP contribution in [0.1, 0.15) is 66.8 Å². The Balaban J connectivity index is 1.60. The Hall–Kier alpha value is -2.75. The lowest BCUT2D eigenvalue weighted by molar-refractivity contribution is 0.0694. The molecule has 3 rings (SSSR count). The van der Waals surface area contributed by atoms with Gasteiger partial charge in [0, 0.05) is 39.1 Å². The highest BCUT2D eigenvalue weighted by Crippen LogP contribution is 2.18. The van der Waals surface area contributed by atoms with Gasteiger partial charge in [0.25, 0.3) is 0 Å². The van der Waals surface area contributed by atoms with Crippen molar-refractivity contribution in [2.24, 2.45) is 4.99 Å². The van der Waals surface area contributed by atoms with E-state index in [-0.39, 0.29) is 0 Å². The first-order valence-corrected chi connectivity index (χ1v) is 14.1. The van der Waals surface area contributed by atoms with Gasteiger partial charge in [-0.25, -0.2) is 9.78 Å². The fourth-order valence-corrected chi connectivity index (χ4v) is 5.09. The van der Waals surface area contributed by atoms with Gasteiger partial charge in [-0.3, -0.25) is 9.89 Å². The number of nitrogens with one attached hydrogen (secondary N) is 1. The molecule has 1 aromatic heterocycles. The van der Waals surface area contributed by atoms with Crippen LogP contribution in [0.2, 0.25) is 0 Å². The number of aromatic carboxylic acids is 1. The van der Waals surface area contributed by atoms with Gasteiger partial charge >= 0.3 is 5.97 Å². The number of likely N-dealkylation sites (N-methyl/N-ethyl adjacent to an activating group) is 1. The average molecular weight is 526 g/mol. The molecule has 0 aliphatic carbocycles. The van der Waals surface area contributed by atoms with Gasteiger partial charge in [0.05, 0.1) is 25.2 Å². The van der Waals surface area contributed by atoms with Gasteiger partial charge in [0.15, 0.2) is 0 Å². The van der Waals surface area contributed by atoms with Crippen LogP contribution in [0, 0.1) is 0 Å². The summed E-state index contributed by atoms with van der Waals surface area (Å²) in [6.45, 7) is 13.3. The van der Waals surface area contributed by atoms with Crippen LogP contribution in [0.25, 0.3) is 0 Å². The summed E-state index contributed by atoms with van der Waals surface area (Å²) < 4.78 is 0. The molecule has 0 unspecified atom stereocenters. The smallest absolute Gasteiger partial charge is 0.336 e. The van der Waals surface area contributed by atoms with Crippen molar-refractivity contribution >= 4 is 11.8 Å². The Morgan fingerprint density at radius 2 is 1.79 bits per heavy atom. The number of carboxylic acid groups (broad SMARTS) is 1. The highest BCUT2D eigenvalue weighted by atomic mass is 16.4. The van der Waals surface area contributed by atoms with Crippen LogP contribution in [0.4, 0.5) is 0 Å². The molecule has 2 N–H and O–H groups in total. The van der Waals surface area contributed by atoms with Crippen molar-refractivity contribution in [3.05, 3.63) is 53.1 Å². The van der Waals surface area contributed by atoms with E-state index in [0.717, 1.165) is 55.4 Å². The summed E-state index contributed by atoms with van der Waals surface area (Å²) in [6.07, 6.45) is 8.25. The van der Waals surface area contributed by atoms with Crippen LogP contribution >= 0.6 is 0 Å². The lowest BCUT2D eigenvalue weighted by Gasteiger charge is -2.25. The molecule has 38 heavy (non-hydrogen) atoms. The largest absolute Gasteiger partial charge is 0.478 e. The number of hydrogen-bond acceptors (Lipinski definition) is 7. The van der Waals surface area contributed by atoms with E-state index in [2.05, 4.69) is 68.6 Å². The molecule has 0 radical (unpaired) electrons. The first-order valence-electron chi connectivity index (χ1n) is 14.1. The maximum Gasteiger partial charge on any atom is 0.336 e. The topological polar surface area (TPSA) is 91.3 Å². The predicted octanol–water partition coefficient (Wildman–Crippen LogP) is 3.79. The number of hydrogen-bond donors (Lipinski definition) is 2. The first kappa shape index (κ1) is 29.8. The number of aliphatic imine (C=N–C) groups is 1. The minimum atomic E-state index is -0.873. The van der Waals surface area contributed by atoms with Crippen LogP contribution < -0.4 is 0 Å². The highest BCUT2D eigenvalue weighted by molar-refractivity contribution is 5.89. The SMILES string of the molecule is CCCN(CCC)CCCCN(C)Cc1ccc(CN(CC2=NCCN2C)Cc2ncc[nH]2)cc1C(=O)O. The summed E-state index contributed by atoms with van der Waals surface area (Å²) >= 11 is 0. The maximum absolute atomic E-state index is 12.2. The second-order valence-corrected chi connectivity index (χ2v) is 10.5. The fourth-order valence-electron chi connectivity index (χ4n) is 5.09. The van der Waals surface area contributed by atoms with Gasteiger partial charge in [0.2, 0.25) is 0 Å². The summed E-state index contributed by atoms with van der Waals surface area (Å²) in [5.74, 6) is 1.07. The number of aromatic nitrogens is 2. The van der Waals surface area contributed by atoms with Crippen molar-refractivity contribution in [1.82, 2.24) is 29.6 Å². The molecule has 1 aromatic carbocycles. The number of H-pyrrole nitrogens is 1. The van der Waals surface area contributed by atoms with Crippen LogP contribution in [0.5, 0.6) is 0 Å². The quantitative estimate of drug-likeness (QED) is 0.286. The third-order valence-electron chi connectivity index (χ3n) is 7.06. The molecule has 0 bridgehead atoms. The second kappa shape index (κ2) is 15.6. The van der Waals surface area contributed by atoms with Gasteiger partial charge in [-0.05, 0) is 76.1 Å². The number of nitrogens with zero attached hydrogens (tertiary/aromatic N) is 6. The average Bonchev–Trinajstić information content (AvgIpc) is 3.54. The summed E-state index contributed by atoms with van der Waals surface area (Å²) in [7, 11) is 4.15. The fraction of sp³-hybridized carbons (Fsp3) is 0.621. The van der Waals surface area contributed by atoms with Crippen LogP contribution in [0.15, 0.2) is 35.6 Å². The zero-order valence-corrected chi connectivity index (χ0v) is 23.8. The van der Waals surface area contributed by atoms with Gasteiger partial charge in [-0.1, -0.05) is 26.0 Å². The number of unbranched alkanes of at least 4 members (excludes halogenated alkanes) is 1. The molecule has 1 aliphatic rings. The minimum Gasteiger partial charge on any atom is -0.478 e. The number of rotatable bonds is 18. The van der Waals surface area contributed by atoms with Crippen molar-refractivity contribution in [2.75, 3.05) is 59.9 Å². The maximum atomic E-state index is 12.2. The summed E-state index contributed by atoms with van der Waals surface area (Å²) in [5.41, 5.74) is 2.23. The lowest BCUT2D eigenvalue weighted by Crippen LogP contribution is -2.36. The monoisotopic (exact) mass is 525 g/mol. The molecule has 1 aliphatic heterocycles. The number of aromatic amines is 1. The summed E-state index contributed by atoms with van der Waals surface area (Å²) in [5, 5.41) is 10.0. The molecule has 210 valence electrons. The number of carboxylic acids is 1. The Labute approximate surface area is 228 Å². The Bertz CT molecular complexity index is 1000. The minimum absolute atomic E-state index is 0.389. The molecule has 0 saturated carbocycles. The van der Waals surface area contributed by atoms with Crippen LogP contribution in [0.3, 0.4) is 0 Å². The number of imidazole rings is 1. The van der Waals surface area contributed by atoms with Crippen molar-refractivity contribution < 1.29 is 9.90 Å². The zero-order chi connectivity index (χ0) is 27.3. The molecule has 0 spiro atoms. The molecule has 0 fully saturated rings. The first-order chi connectivity index (χ1) is 18.4. The van der Waals surface area contributed by atoms with Crippen molar-refractivity contribution in [3.8, 4) is 0 Å². The van der Waals surface area contributed by atoms with Gasteiger partial charge in [-0.15, -0.1) is 0 Å². The van der Waals surface area contributed by atoms with Crippen molar-refractivity contribution in [1.29, 1.82) is 0 Å². The molecule has 0 saturated heterocycles. The molecule has 0 atom stereocenters. The molecule has 9 heteroatoms. The van der Waals surface area contributed by atoms with Gasteiger partial charge in [-0.2, -0.15) is 0 Å². The Morgan fingerprint density at radius 1 is 1.03 bits per heavy atom. The second-order valence-electron chi connectivity index (χ2n) is 10.5. The van der Waals surface area contributed by atoms with E-state index >= 15 is 0 Å². The molecular formula is C29H47N7O2. The number of amidine groups is 1. The number of carbonyl (C=O) groups is 1. The van der Waals surface area contributed by atoms with E-state index in [4.69, 9.17) is 0 Å². The predicted molar refractivity (Wildman–Crippen MR) is 154 cm³/mol. The Morgan fingerprint density at radius 3 is 2.42 bits per heavy atom. The third kappa shape index (κ3) is 9.53. The van der Waals surface area contributed by atoms with E-state index < -0.39 is 5.97 Å². The van der Waals surface area contributed by atoms with Crippen molar-refractivity contribution in [3.63, 3.8) is 0 Å². The molecular weight excluding hydrogens is 478 g/mol. The summed E-state index contributed by atoms with van der Waals surface area (Å²) in [6, 6.07) is 5.90. The van der Waals surface area contributed by atoms with Crippen LogP contribution in [-0.2, 0) is 19.6 Å². The summed E-state index contributed by atoms with van der Waals surface area (Å²) in [4.78, 5) is 33.6. The molecule has 9 nitrogen and oxygen atoms in total. The van der Waals surface area contributed by atoms with Crippen LogP contribution in [-0.4, -0.2) is 106 Å². The molecule has 2 aromatic rings. The number of benzene rings is 1. The lowest BCUT2D eigenvalue weighted by atomic mass is 10.0.